The molecule has 0 aliphatic heterocycles. The Morgan fingerprint density at radius 3 is 1.42 bits per heavy atom. The molecule has 0 saturated heterocycles. The number of hydrogen-bond acceptors (Lipinski definition) is 3. The maximum Gasteiger partial charge on any atom is 0.220 e. The summed E-state index contributed by atoms with van der Waals surface area (Å²) in [5, 5.41) is 22.8. The zero-order chi connectivity index (χ0) is 32.9. The number of aliphatic hydroxyl groups excluding tert-OH is 2. The second kappa shape index (κ2) is 36.6. The van der Waals surface area contributed by atoms with Gasteiger partial charge in [0.05, 0.1) is 18.8 Å². The van der Waals surface area contributed by atoms with Gasteiger partial charge in [-0.3, -0.25) is 4.79 Å². The summed E-state index contributed by atoms with van der Waals surface area (Å²) in [6, 6.07) is -0.676. The van der Waals surface area contributed by atoms with Gasteiger partial charge >= 0.3 is 0 Å². The molecule has 0 spiro atoms. The normalized spacial score (nSPS) is 13.8. The number of aliphatic hydroxyl groups is 2. The molecule has 0 rings (SSSR count). The second-order valence-corrected chi connectivity index (χ2v) is 12.6. The maximum absolute atomic E-state index is 12.3. The van der Waals surface area contributed by atoms with Gasteiger partial charge in [-0.1, -0.05) is 164 Å². The topological polar surface area (TPSA) is 69.6 Å². The van der Waals surface area contributed by atoms with Crippen molar-refractivity contribution < 1.29 is 15.0 Å². The van der Waals surface area contributed by atoms with Gasteiger partial charge in [0.2, 0.25) is 5.91 Å². The van der Waals surface area contributed by atoms with Crippen LogP contribution in [0.15, 0.2) is 60.8 Å². The zero-order valence-corrected chi connectivity index (χ0v) is 29.6. The van der Waals surface area contributed by atoms with Crippen LogP contribution < -0.4 is 5.32 Å². The van der Waals surface area contributed by atoms with E-state index in [1.54, 1.807) is 6.08 Å². The highest BCUT2D eigenvalue weighted by Gasteiger charge is 2.17. The molecule has 0 radical (unpaired) electrons. The SMILES string of the molecule is CCCCCCCC/C=C\C/C=C\CCC(=O)NC(CO)C(O)/C=C/CC/C=C/CC/C=C/CCCCCCCCCCCC. The first kappa shape index (κ1) is 43.1. The van der Waals surface area contributed by atoms with Crippen LogP contribution >= 0.6 is 0 Å². The first-order valence-electron chi connectivity index (χ1n) is 19.0. The highest BCUT2D eigenvalue weighted by molar-refractivity contribution is 5.76. The van der Waals surface area contributed by atoms with Crippen LogP contribution in [0.5, 0.6) is 0 Å². The monoisotopic (exact) mass is 628 g/mol. The first-order chi connectivity index (χ1) is 22.2. The Hall–Kier alpha value is -1.91. The second-order valence-electron chi connectivity index (χ2n) is 12.6. The molecule has 0 aromatic rings. The van der Waals surface area contributed by atoms with Crippen molar-refractivity contribution >= 4 is 5.91 Å². The van der Waals surface area contributed by atoms with E-state index in [1.807, 2.05) is 12.2 Å². The quantitative estimate of drug-likeness (QED) is 0.0501. The fraction of sp³-hybridized carbons (Fsp3) is 0.732. The molecule has 4 nitrogen and oxygen atoms in total. The Morgan fingerprint density at radius 2 is 0.933 bits per heavy atom. The van der Waals surface area contributed by atoms with Gasteiger partial charge in [-0.05, 0) is 64.2 Å². The zero-order valence-electron chi connectivity index (χ0n) is 29.6. The summed E-state index contributed by atoms with van der Waals surface area (Å²) in [5.74, 6) is -0.148. The number of amides is 1. The largest absolute Gasteiger partial charge is 0.394 e. The molecule has 0 heterocycles. The molecular weight excluding hydrogens is 554 g/mol. The van der Waals surface area contributed by atoms with E-state index in [4.69, 9.17) is 0 Å². The lowest BCUT2D eigenvalue weighted by molar-refractivity contribution is -0.122. The van der Waals surface area contributed by atoms with Gasteiger partial charge < -0.3 is 15.5 Å². The van der Waals surface area contributed by atoms with E-state index in [0.29, 0.717) is 12.8 Å². The Bertz CT molecular complexity index is 767. The third kappa shape index (κ3) is 33.3. The van der Waals surface area contributed by atoms with Crippen molar-refractivity contribution in [3.05, 3.63) is 60.8 Å². The van der Waals surface area contributed by atoms with E-state index in [2.05, 4.69) is 61.7 Å². The molecule has 0 aromatic carbocycles. The van der Waals surface area contributed by atoms with Gasteiger partial charge in [0.1, 0.15) is 0 Å². The number of carbonyl (C=O) groups excluding carboxylic acids is 1. The van der Waals surface area contributed by atoms with Crippen molar-refractivity contribution in [1.29, 1.82) is 0 Å². The van der Waals surface area contributed by atoms with E-state index in [1.165, 1.54) is 109 Å². The van der Waals surface area contributed by atoms with Crippen molar-refractivity contribution in [2.75, 3.05) is 6.61 Å². The molecule has 2 unspecified atom stereocenters. The van der Waals surface area contributed by atoms with Crippen molar-refractivity contribution in [3.63, 3.8) is 0 Å². The highest BCUT2D eigenvalue weighted by Crippen LogP contribution is 2.12. The van der Waals surface area contributed by atoms with E-state index >= 15 is 0 Å². The summed E-state index contributed by atoms with van der Waals surface area (Å²) in [7, 11) is 0. The van der Waals surface area contributed by atoms with Gasteiger partial charge in [0, 0.05) is 6.42 Å². The summed E-state index contributed by atoms with van der Waals surface area (Å²) >= 11 is 0. The molecule has 45 heavy (non-hydrogen) atoms. The van der Waals surface area contributed by atoms with E-state index in [9.17, 15) is 15.0 Å². The average molecular weight is 628 g/mol. The molecule has 260 valence electrons. The number of carbonyl (C=O) groups is 1. The summed E-state index contributed by atoms with van der Waals surface area (Å²) in [4.78, 5) is 12.3. The smallest absolute Gasteiger partial charge is 0.220 e. The van der Waals surface area contributed by atoms with E-state index in [-0.39, 0.29) is 12.5 Å². The minimum atomic E-state index is -0.893. The van der Waals surface area contributed by atoms with Crippen LogP contribution in [0.2, 0.25) is 0 Å². The molecule has 0 aliphatic rings. The van der Waals surface area contributed by atoms with Gasteiger partial charge in [0.15, 0.2) is 0 Å². The van der Waals surface area contributed by atoms with Crippen LogP contribution in [0.3, 0.4) is 0 Å². The van der Waals surface area contributed by atoms with Crippen LogP contribution in [0.4, 0.5) is 0 Å². The third-order valence-corrected chi connectivity index (χ3v) is 8.21. The molecular formula is C41H73NO3. The predicted octanol–water partition coefficient (Wildman–Crippen LogP) is 11.4. The van der Waals surface area contributed by atoms with Gasteiger partial charge in [0.25, 0.3) is 0 Å². The lowest BCUT2D eigenvalue weighted by Gasteiger charge is -2.19. The van der Waals surface area contributed by atoms with E-state index in [0.717, 1.165) is 38.5 Å². The predicted molar refractivity (Wildman–Crippen MR) is 197 cm³/mol. The highest BCUT2D eigenvalue weighted by atomic mass is 16.3. The molecule has 0 aliphatic carbocycles. The summed E-state index contributed by atoms with van der Waals surface area (Å²) in [5.41, 5.74) is 0. The minimum Gasteiger partial charge on any atom is -0.394 e. The van der Waals surface area contributed by atoms with Gasteiger partial charge in [-0.2, -0.15) is 0 Å². The lowest BCUT2D eigenvalue weighted by Crippen LogP contribution is -2.45. The molecule has 0 bridgehead atoms. The van der Waals surface area contributed by atoms with E-state index < -0.39 is 12.1 Å². The van der Waals surface area contributed by atoms with Crippen molar-refractivity contribution in [2.24, 2.45) is 0 Å². The number of hydrogen-bond donors (Lipinski definition) is 3. The summed E-state index contributed by atoms with van der Waals surface area (Å²) in [6.07, 6.45) is 50.4. The molecule has 0 fully saturated rings. The van der Waals surface area contributed by atoms with Crippen LogP contribution in [-0.4, -0.2) is 34.9 Å². The lowest BCUT2D eigenvalue weighted by atomic mass is 10.1. The molecule has 1 amide bonds. The van der Waals surface area contributed by atoms with Crippen molar-refractivity contribution in [2.45, 2.75) is 187 Å². The summed E-state index contributed by atoms with van der Waals surface area (Å²) < 4.78 is 0. The molecule has 2 atom stereocenters. The van der Waals surface area contributed by atoms with Crippen LogP contribution in [0.1, 0.15) is 174 Å². The molecule has 0 saturated carbocycles. The Balaban J connectivity index is 3.78. The Morgan fingerprint density at radius 1 is 0.533 bits per heavy atom. The number of rotatable bonds is 33. The third-order valence-electron chi connectivity index (χ3n) is 8.21. The Kier molecular flexibility index (Phi) is 35.0. The fourth-order valence-corrected chi connectivity index (χ4v) is 5.26. The van der Waals surface area contributed by atoms with Crippen LogP contribution in [0.25, 0.3) is 0 Å². The standard InChI is InChI=1S/C41H73NO3/c1-3-5-7-9-11-13-15-17-18-19-20-21-22-23-25-26-28-30-32-34-36-40(44)39(38-43)42-41(45)37-35-33-31-29-27-24-16-14-12-10-8-6-4-2/h21-22,24,26-28,31,33-34,36,39-40,43-44H,3-20,23,25,29-30,32,35,37-38H2,1-2H3,(H,42,45)/b22-21+,27-24-,28-26+,33-31-,36-34+. The Labute approximate surface area is 279 Å². The van der Waals surface area contributed by atoms with Crippen molar-refractivity contribution in [1.82, 2.24) is 5.32 Å². The number of allylic oxidation sites excluding steroid dienone is 9. The molecule has 3 N–H and O–H groups in total. The van der Waals surface area contributed by atoms with Crippen molar-refractivity contribution in [3.8, 4) is 0 Å². The van der Waals surface area contributed by atoms with Gasteiger partial charge in [-0.15, -0.1) is 0 Å². The molecule has 4 heteroatoms. The minimum absolute atomic E-state index is 0.148. The maximum atomic E-state index is 12.3. The average Bonchev–Trinajstić information content (AvgIpc) is 3.04. The number of unbranched alkanes of at least 4 members (excludes halogenated alkanes) is 18. The van der Waals surface area contributed by atoms with Crippen LogP contribution in [-0.2, 0) is 4.79 Å². The van der Waals surface area contributed by atoms with Gasteiger partial charge in [-0.25, -0.2) is 0 Å². The first-order valence-corrected chi connectivity index (χ1v) is 19.0. The fourth-order valence-electron chi connectivity index (χ4n) is 5.26. The molecule has 0 aromatic heterocycles. The summed E-state index contributed by atoms with van der Waals surface area (Å²) in [6.45, 7) is 4.24. The van der Waals surface area contributed by atoms with Crippen LogP contribution in [0, 0.1) is 0 Å². The number of nitrogens with one attached hydrogen (secondary N) is 1.